The van der Waals surface area contributed by atoms with Crippen LogP contribution in [-0.2, 0) is 0 Å². The third-order valence-electron chi connectivity index (χ3n) is 1.18. The van der Waals surface area contributed by atoms with Gasteiger partial charge in [0.05, 0.1) is 12.1 Å². The molecule has 0 aliphatic heterocycles. The van der Waals surface area contributed by atoms with Crippen molar-refractivity contribution in [1.82, 2.24) is 0 Å². The first-order valence-corrected chi connectivity index (χ1v) is 5.08. The molecule has 0 bridgehead atoms. The lowest BCUT2D eigenvalue weighted by Gasteiger charge is -2.04. The lowest BCUT2D eigenvalue weighted by Crippen LogP contribution is -1.85. The van der Waals surface area contributed by atoms with E-state index in [1.807, 2.05) is 12.1 Å². The van der Waals surface area contributed by atoms with E-state index in [1.54, 1.807) is 7.11 Å². The zero-order valence-electron chi connectivity index (χ0n) is 5.70. The van der Waals surface area contributed by atoms with Gasteiger partial charge in [0.25, 0.3) is 0 Å². The van der Waals surface area contributed by atoms with Gasteiger partial charge in [0.15, 0.2) is 0 Å². The monoisotopic (exact) mass is 346 g/mol. The van der Waals surface area contributed by atoms with E-state index in [-0.39, 0.29) is 0 Å². The van der Waals surface area contributed by atoms with Gasteiger partial charge in [-0.25, -0.2) is 0 Å². The molecule has 11 heavy (non-hydrogen) atoms. The van der Waals surface area contributed by atoms with Crippen LogP contribution in [0.5, 0.6) is 5.75 Å². The van der Waals surface area contributed by atoms with Crippen LogP contribution < -0.4 is 4.74 Å². The van der Waals surface area contributed by atoms with Crippen molar-refractivity contribution in [3.8, 4) is 5.75 Å². The van der Waals surface area contributed by atoms with Gasteiger partial charge in [-0.15, -0.1) is 0 Å². The molecule has 0 saturated heterocycles. The van der Waals surface area contributed by atoms with Crippen molar-refractivity contribution in [3.05, 3.63) is 25.2 Å². The average Bonchev–Trinajstić information content (AvgIpc) is 1.96. The molecule has 4 heteroatoms. The summed E-state index contributed by atoms with van der Waals surface area (Å²) in [5, 5.41) is 0.618. The number of ether oxygens (including phenoxy) is 1. The lowest BCUT2D eigenvalue weighted by molar-refractivity contribution is 0.414. The zero-order chi connectivity index (χ0) is 8.43. The maximum absolute atomic E-state index is 5.89. The molecule has 1 aromatic carbocycles. The quantitative estimate of drug-likeness (QED) is 0.556. The predicted octanol–water partition coefficient (Wildman–Crippen LogP) is 3.72. The third-order valence-corrected chi connectivity index (χ3v) is 3.05. The first-order valence-electron chi connectivity index (χ1n) is 2.83. The van der Waals surface area contributed by atoms with Crippen molar-refractivity contribution in [1.29, 1.82) is 0 Å². The molecule has 0 unspecified atom stereocenters. The number of benzene rings is 1. The standard InChI is InChI=1S/C7H5BrClIO/c1-11-6-3-4(10)2-5(8)7(6)9/h2-3H,1H3. The van der Waals surface area contributed by atoms with Crippen LogP contribution in [0.2, 0.25) is 5.02 Å². The molecule has 0 radical (unpaired) electrons. The second-order valence-corrected chi connectivity index (χ2v) is 4.38. The normalized spacial score (nSPS) is 9.82. The van der Waals surface area contributed by atoms with E-state index < -0.39 is 0 Å². The fraction of sp³-hybridized carbons (Fsp3) is 0.143. The van der Waals surface area contributed by atoms with E-state index in [4.69, 9.17) is 16.3 Å². The molecule has 0 spiro atoms. The molecule has 1 nitrogen and oxygen atoms in total. The second-order valence-electron chi connectivity index (χ2n) is 1.90. The molecule has 0 amide bonds. The Labute approximate surface area is 92.3 Å². The maximum Gasteiger partial charge on any atom is 0.139 e. The Morgan fingerprint density at radius 2 is 2.18 bits per heavy atom. The van der Waals surface area contributed by atoms with Crippen molar-refractivity contribution < 1.29 is 4.74 Å². The van der Waals surface area contributed by atoms with Crippen molar-refractivity contribution in [2.75, 3.05) is 7.11 Å². The minimum atomic E-state index is 0.618. The Morgan fingerprint density at radius 3 is 2.73 bits per heavy atom. The Bertz CT molecular complexity index is 277. The predicted molar refractivity (Wildman–Crippen MR) is 58.4 cm³/mol. The lowest BCUT2D eigenvalue weighted by atomic mass is 10.3. The summed E-state index contributed by atoms with van der Waals surface area (Å²) in [6.07, 6.45) is 0. The number of halogens is 3. The van der Waals surface area contributed by atoms with Gasteiger partial charge < -0.3 is 4.74 Å². The average molecular weight is 347 g/mol. The van der Waals surface area contributed by atoms with Gasteiger partial charge >= 0.3 is 0 Å². The van der Waals surface area contributed by atoms with Crippen LogP contribution in [0.25, 0.3) is 0 Å². The number of rotatable bonds is 1. The molecule has 0 aliphatic carbocycles. The van der Waals surface area contributed by atoms with Gasteiger partial charge in [0, 0.05) is 8.04 Å². The second kappa shape index (κ2) is 3.96. The van der Waals surface area contributed by atoms with Crippen molar-refractivity contribution in [3.63, 3.8) is 0 Å². The molecule has 1 rings (SSSR count). The molecule has 60 valence electrons. The molecule has 0 aromatic heterocycles. The van der Waals surface area contributed by atoms with E-state index >= 15 is 0 Å². The molecule has 0 heterocycles. The van der Waals surface area contributed by atoms with Crippen LogP contribution in [0.3, 0.4) is 0 Å². The van der Waals surface area contributed by atoms with Crippen LogP contribution in [-0.4, -0.2) is 7.11 Å². The van der Waals surface area contributed by atoms with E-state index in [0.29, 0.717) is 10.8 Å². The highest BCUT2D eigenvalue weighted by Crippen LogP contribution is 2.33. The molecule has 1 aromatic rings. The van der Waals surface area contributed by atoms with E-state index in [9.17, 15) is 0 Å². The molecule has 0 aliphatic rings. The summed E-state index contributed by atoms with van der Waals surface area (Å²) in [6.45, 7) is 0. The minimum Gasteiger partial charge on any atom is -0.495 e. The Kier molecular flexibility index (Phi) is 3.46. The van der Waals surface area contributed by atoms with E-state index in [2.05, 4.69) is 38.5 Å². The molecular formula is C7H5BrClIO. The largest absolute Gasteiger partial charge is 0.495 e. The van der Waals surface area contributed by atoms with Crippen LogP contribution in [0.15, 0.2) is 16.6 Å². The Hall–Kier alpha value is 0.520. The highest BCUT2D eigenvalue weighted by molar-refractivity contribution is 14.1. The van der Waals surface area contributed by atoms with Crippen molar-refractivity contribution in [2.45, 2.75) is 0 Å². The third kappa shape index (κ3) is 2.23. The zero-order valence-corrected chi connectivity index (χ0v) is 10.2. The summed E-state index contributed by atoms with van der Waals surface area (Å²) >= 11 is 11.4. The van der Waals surface area contributed by atoms with Gasteiger partial charge in [0.2, 0.25) is 0 Å². The van der Waals surface area contributed by atoms with Crippen LogP contribution in [0.1, 0.15) is 0 Å². The van der Waals surface area contributed by atoms with Gasteiger partial charge in [-0.05, 0) is 50.7 Å². The smallest absolute Gasteiger partial charge is 0.139 e. The van der Waals surface area contributed by atoms with Gasteiger partial charge in [-0.3, -0.25) is 0 Å². The molecule has 0 N–H and O–H groups in total. The van der Waals surface area contributed by atoms with Crippen molar-refractivity contribution >= 4 is 50.1 Å². The number of hydrogen-bond acceptors (Lipinski definition) is 1. The summed E-state index contributed by atoms with van der Waals surface area (Å²) in [5.74, 6) is 0.699. The topological polar surface area (TPSA) is 9.23 Å². The minimum absolute atomic E-state index is 0.618. The maximum atomic E-state index is 5.89. The first kappa shape index (κ1) is 9.61. The van der Waals surface area contributed by atoms with Crippen LogP contribution in [0, 0.1) is 3.57 Å². The summed E-state index contributed by atoms with van der Waals surface area (Å²) in [4.78, 5) is 0. The number of hydrogen-bond donors (Lipinski definition) is 0. The van der Waals surface area contributed by atoms with Gasteiger partial charge in [0.1, 0.15) is 5.75 Å². The highest BCUT2D eigenvalue weighted by Gasteiger charge is 2.05. The fourth-order valence-corrected chi connectivity index (χ4v) is 2.33. The van der Waals surface area contributed by atoms with E-state index in [0.717, 1.165) is 8.04 Å². The molecular weight excluding hydrogens is 342 g/mol. The SMILES string of the molecule is COc1cc(I)cc(Br)c1Cl. The Balaban J connectivity index is 3.24. The van der Waals surface area contributed by atoms with Gasteiger partial charge in [-0.2, -0.15) is 0 Å². The highest BCUT2D eigenvalue weighted by atomic mass is 127. The first-order chi connectivity index (χ1) is 5.15. The fourth-order valence-electron chi connectivity index (χ4n) is 0.681. The Morgan fingerprint density at radius 1 is 1.55 bits per heavy atom. The van der Waals surface area contributed by atoms with Crippen LogP contribution >= 0.6 is 50.1 Å². The summed E-state index contributed by atoms with van der Waals surface area (Å²) in [5.41, 5.74) is 0. The van der Waals surface area contributed by atoms with E-state index in [1.165, 1.54) is 0 Å². The number of methoxy groups -OCH3 is 1. The van der Waals surface area contributed by atoms with Crippen molar-refractivity contribution in [2.24, 2.45) is 0 Å². The summed E-state index contributed by atoms with van der Waals surface area (Å²) in [6, 6.07) is 3.82. The molecule has 0 atom stereocenters. The van der Waals surface area contributed by atoms with Crippen LogP contribution in [0.4, 0.5) is 0 Å². The van der Waals surface area contributed by atoms with Gasteiger partial charge in [-0.1, -0.05) is 11.6 Å². The molecule has 0 fully saturated rings. The summed E-state index contributed by atoms with van der Waals surface area (Å²) in [7, 11) is 1.60. The summed E-state index contributed by atoms with van der Waals surface area (Å²) < 4.78 is 7.00. The molecule has 0 saturated carbocycles.